The molecular formula is C14H13NO3. The van der Waals surface area contributed by atoms with Gasteiger partial charge in [-0.15, -0.1) is 0 Å². The van der Waals surface area contributed by atoms with E-state index in [-0.39, 0.29) is 11.5 Å². The summed E-state index contributed by atoms with van der Waals surface area (Å²) in [7, 11) is 1.54. The first-order valence-electron chi connectivity index (χ1n) is 5.39. The number of hydrogen-bond donors (Lipinski definition) is 2. The minimum atomic E-state index is -0.185. The number of aromatic hydroxyl groups is 1. The summed E-state index contributed by atoms with van der Waals surface area (Å²) in [5.74, 6) is 0.541. The van der Waals surface area contributed by atoms with Gasteiger partial charge in [-0.1, -0.05) is 0 Å². The van der Waals surface area contributed by atoms with E-state index >= 15 is 0 Å². The average molecular weight is 243 g/mol. The molecule has 0 radical (unpaired) electrons. The highest BCUT2D eigenvalue weighted by Crippen LogP contribution is 2.23. The van der Waals surface area contributed by atoms with E-state index in [0.29, 0.717) is 22.6 Å². The van der Waals surface area contributed by atoms with Crippen LogP contribution in [0, 0.1) is 0 Å². The Hall–Kier alpha value is -2.49. The van der Waals surface area contributed by atoms with Crippen molar-refractivity contribution >= 4 is 11.5 Å². The third-order valence-corrected chi connectivity index (χ3v) is 2.63. The fourth-order valence-corrected chi connectivity index (χ4v) is 1.64. The molecule has 2 aromatic rings. The van der Waals surface area contributed by atoms with Crippen molar-refractivity contribution < 1.29 is 14.6 Å². The van der Waals surface area contributed by atoms with Gasteiger partial charge in [0.1, 0.15) is 11.5 Å². The standard InChI is InChI=1S/C14H13NO3/c1-18-11-6-7-12(13(15)8-11)14(17)9-2-4-10(16)5-3-9/h2-8,16H,15H2,1H3. The number of ether oxygens (including phenoxy) is 1. The van der Waals surface area contributed by atoms with Gasteiger partial charge in [0.15, 0.2) is 5.78 Å². The Morgan fingerprint density at radius 2 is 1.83 bits per heavy atom. The molecule has 0 saturated carbocycles. The van der Waals surface area contributed by atoms with Crippen LogP contribution in [0.3, 0.4) is 0 Å². The van der Waals surface area contributed by atoms with Crippen LogP contribution in [-0.2, 0) is 0 Å². The molecule has 2 rings (SSSR count). The van der Waals surface area contributed by atoms with Gasteiger partial charge < -0.3 is 15.6 Å². The quantitative estimate of drug-likeness (QED) is 0.640. The number of carbonyl (C=O) groups excluding carboxylic acids is 1. The molecule has 0 saturated heterocycles. The van der Waals surface area contributed by atoms with Gasteiger partial charge in [0.05, 0.1) is 7.11 Å². The second-order valence-electron chi connectivity index (χ2n) is 3.83. The number of methoxy groups -OCH3 is 1. The summed E-state index contributed by atoms with van der Waals surface area (Å²) in [5.41, 5.74) is 7.08. The lowest BCUT2D eigenvalue weighted by Gasteiger charge is -2.07. The summed E-state index contributed by atoms with van der Waals surface area (Å²) in [6.45, 7) is 0. The summed E-state index contributed by atoms with van der Waals surface area (Å²) >= 11 is 0. The molecular weight excluding hydrogens is 230 g/mol. The maximum absolute atomic E-state index is 12.2. The molecule has 0 aromatic heterocycles. The molecule has 0 heterocycles. The highest BCUT2D eigenvalue weighted by Gasteiger charge is 2.12. The first kappa shape index (κ1) is 12.0. The molecule has 4 heteroatoms. The van der Waals surface area contributed by atoms with E-state index in [9.17, 15) is 9.90 Å². The Morgan fingerprint density at radius 1 is 1.17 bits per heavy atom. The number of phenolic OH excluding ortho intramolecular Hbond substituents is 1. The van der Waals surface area contributed by atoms with Gasteiger partial charge in [-0.05, 0) is 36.4 Å². The van der Waals surface area contributed by atoms with Gasteiger partial charge in [-0.2, -0.15) is 0 Å². The Kier molecular flexibility index (Phi) is 3.19. The van der Waals surface area contributed by atoms with Gasteiger partial charge >= 0.3 is 0 Å². The van der Waals surface area contributed by atoms with Crippen LogP contribution in [0.4, 0.5) is 5.69 Å². The van der Waals surface area contributed by atoms with Crippen LogP contribution < -0.4 is 10.5 Å². The molecule has 3 N–H and O–H groups in total. The summed E-state index contributed by atoms with van der Waals surface area (Å²) in [4.78, 5) is 12.2. The highest BCUT2D eigenvalue weighted by atomic mass is 16.5. The first-order valence-corrected chi connectivity index (χ1v) is 5.39. The summed E-state index contributed by atoms with van der Waals surface area (Å²) in [6, 6.07) is 11.0. The number of rotatable bonds is 3. The molecule has 0 aliphatic carbocycles. The molecule has 0 bridgehead atoms. The van der Waals surface area contributed by atoms with Crippen molar-refractivity contribution in [1.82, 2.24) is 0 Å². The number of benzene rings is 2. The van der Waals surface area contributed by atoms with Crippen molar-refractivity contribution in [3.05, 3.63) is 53.6 Å². The minimum Gasteiger partial charge on any atom is -0.508 e. The van der Waals surface area contributed by atoms with Gasteiger partial charge in [0.25, 0.3) is 0 Å². The first-order chi connectivity index (χ1) is 8.61. The van der Waals surface area contributed by atoms with E-state index in [4.69, 9.17) is 10.5 Å². The second-order valence-corrected chi connectivity index (χ2v) is 3.83. The number of phenols is 1. The molecule has 0 aliphatic heterocycles. The van der Waals surface area contributed by atoms with Crippen LogP contribution in [0.5, 0.6) is 11.5 Å². The Balaban J connectivity index is 2.37. The Bertz CT molecular complexity index is 576. The smallest absolute Gasteiger partial charge is 0.195 e. The van der Waals surface area contributed by atoms with Gasteiger partial charge in [0.2, 0.25) is 0 Å². The fraction of sp³-hybridized carbons (Fsp3) is 0.0714. The van der Waals surface area contributed by atoms with Crippen molar-refractivity contribution in [3.63, 3.8) is 0 Å². The predicted octanol–water partition coefficient (Wildman–Crippen LogP) is 2.21. The monoisotopic (exact) mass is 243 g/mol. The van der Waals surface area contributed by atoms with Crippen LogP contribution >= 0.6 is 0 Å². The molecule has 18 heavy (non-hydrogen) atoms. The van der Waals surface area contributed by atoms with Crippen molar-refractivity contribution in [2.24, 2.45) is 0 Å². The number of nitrogen functional groups attached to an aromatic ring is 1. The highest BCUT2D eigenvalue weighted by molar-refractivity contribution is 6.12. The maximum atomic E-state index is 12.2. The number of nitrogens with two attached hydrogens (primary N) is 1. The molecule has 0 aliphatic rings. The SMILES string of the molecule is COc1ccc(C(=O)c2ccc(O)cc2)c(N)c1. The van der Waals surface area contributed by atoms with Crippen molar-refractivity contribution in [3.8, 4) is 11.5 Å². The second kappa shape index (κ2) is 4.79. The Labute approximate surface area is 105 Å². The number of carbonyl (C=O) groups is 1. The molecule has 0 amide bonds. The van der Waals surface area contributed by atoms with Gasteiger partial charge in [-0.25, -0.2) is 0 Å². The van der Waals surface area contributed by atoms with Gasteiger partial charge in [-0.3, -0.25) is 4.79 Å². The topological polar surface area (TPSA) is 72.5 Å². The number of hydrogen-bond acceptors (Lipinski definition) is 4. The average Bonchev–Trinajstić information content (AvgIpc) is 2.38. The molecule has 0 atom stereocenters. The molecule has 0 fully saturated rings. The van der Waals surface area contributed by atoms with E-state index in [2.05, 4.69) is 0 Å². The molecule has 4 nitrogen and oxygen atoms in total. The largest absolute Gasteiger partial charge is 0.508 e. The minimum absolute atomic E-state index is 0.120. The normalized spacial score (nSPS) is 10.1. The fourth-order valence-electron chi connectivity index (χ4n) is 1.64. The summed E-state index contributed by atoms with van der Waals surface area (Å²) in [5, 5.41) is 9.18. The van der Waals surface area contributed by atoms with E-state index in [1.54, 1.807) is 30.3 Å². The van der Waals surface area contributed by atoms with Crippen molar-refractivity contribution in [1.29, 1.82) is 0 Å². The van der Waals surface area contributed by atoms with Crippen LogP contribution in [0.2, 0.25) is 0 Å². The summed E-state index contributed by atoms with van der Waals surface area (Å²) < 4.78 is 5.03. The van der Waals surface area contributed by atoms with Gasteiger partial charge in [0, 0.05) is 22.9 Å². The van der Waals surface area contributed by atoms with Crippen LogP contribution in [0.15, 0.2) is 42.5 Å². The lowest BCUT2D eigenvalue weighted by atomic mass is 10.0. The summed E-state index contributed by atoms with van der Waals surface area (Å²) in [6.07, 6.45) is 0. The van der Waals surface area contributed by atoms with Crippen LogP contribution in [0.1, 0.15) is 15.9 Å². The zero-order chi connectivity index (χ0) is 13.1. The third-order valence-electron chi connectivity index (χ3n) is 2.63. The predicted molar refractivity (Wildman–Crippen MR) is 68.9 cm³/mol. The lowest BCUT2D eigenvalue weighted by molar-refractivity contribution is 0.103. The molecule has 2 aromatic carbocycles. The van der Waals surface area contributed by atoms with E-state index < -0.39 is 0 Å². The molecule has 0 spiro atoms. The van der Waals surface area contributed by atoms with Crippen LogP contribution in [-0.4, -0.2) is 18.0 Å². The third kappa shape index (κ3) is 2.27. The van der Waals surface area contributed by atoms with E-state index in [1.165, 1.54) is 19.2 Å². The lowest BCUT2D eigenvalue weighted by Crippen LogP contribution is -2.05. The maximum Gasteiger partial charge on any atom is 0.195 e. The van der Waals surface area contributed by atoms with E-state index in [0.717, 1.165) is 0 Å². The van der Waals surface area contributed by atoms with Crippen molar-refractivity contribution in [2.75, 3.05) is 12.8 Å². The molecule has 92 valence electrons. The van der Waals surface area contributed by atoms with Crippen molar-refractivity contribution in [2.45, 2.75) is 0 Å². The van der Waals surface area contributed by atoms with E-state index in [1.807, 2.05) is 0 Å². The zero-order valence-corrected chi connectivity index (χ0v) is 9.88. The number of anilines is 1. The van der Waals surface area contributed by atoms with Crippen LogP contribution in [0.25, 0.3) is 0 Å². The Morgan fingerprint density at radius 3 is 2.39 bits per heavy atom. The molecule has 0 unspecified atom stereocenters. The number of ketones is 1. The zero-order valence-electron chi connectivity index (χ0n) is 9.88.